The highest BCUT2D eigenvalue weighted by molar-refractivity contribution is 7.94. The number of carbonyl (C=O) groups is 1. The molecule has 1 aliphatic heterocycles. The van der Waals surface area contributed by atoms with Gasteiger partial charge in [-0.05, 0) is 18.2 Å². The predicted molar refractivity (Wildman–Crippen MR) is 138 cm³/mol. The second-order valence-electron chi connectivity index (χ2n) is 8.00. The van der Waals surface area contributed by atoms with E-state index in [2.05, 4.69) is 19.9 Å². The van der Waals surface area contributed by atoms with Crippen LogP contribution in [0.25, 0.3) is 17.0 Å². The van der Waals surface area contributed by atoms with Crippen LogP contribution < -0.4 is 19.7 Å². The lowest BCUT2D eigenvalue weighted by molar-refractivity contribution is -0.116. The summed E-state index contributed by atoms with van der Waals surface area (Å²) >= 11 is 0.989. The van der Waals surface area contributed by atoms with Crippen LogP contribution in [-0.4, -0.2) is 52.7 Å². The van der Waals surface area contributed by atoms with Crippen LogP contribution in [0.4, 0.5) is 11.4 Å². The van der Waals surface area contributed by atoms with Gasteiger partial charge >= 0.3 is 0 Å². The van der Waals surface area contributed by atoms with Gasteiger partial charge < -0.3 is 28.5 Å². The van der Waals surface area contributed by atoms with E-state index in [0.717, 1.165) is 17.0 Å². The third-order valence-electron chi connectivity index (χ3n) is 5.70. The Balaban J connectivity index is 1.56. The molecule has 1 fully saturated rings. The van der Waals surface area contributed by atoms with Crippen molar-refractivity contribution in [2.24, 2.45) is 0 Å². The van der Waals surface area contributed by atoms with Crippen molar-refractivity contribution in [3.05, 3.63) is 59.7 Å². The Hall–Kier alpha value is -3.81. The quantitative estimate of drug-likeness (QED) is 0.304. The summed E-state index contributed by atoms with van der Waals surface area (Å²) < 4.78 is 50.8. The first-order chi connectivity index (χ1) is 18.0. The molecule has 0 aliphatic carbocycles. The normalized spacial score (nSPS) is 14.4. The molecule has 1 aliphatic rings. The highest BCUT2D eigenvalue weighted by atomic mass is 32.2. The van der Waals surface area contributed by atoms with Crippen molar-refractivity contribution in [3.8, 4) is 5.75 Å². The van der Waals surface area contributed by atoms with Gasteiger partial charge in [0.1, 0.15) is 23.4 Å². The second-order valence-corrected chi connectivity index (χ2v) is 10.7. The van der Waals surface area contributed by atoms with Crippen LogP contribution in [0.2, 0.25) is 0 Å². The van der Waals surface area contributed by atoms with Crippen LogP contribution in [0, 0.1) is 0 Å². The number of sulfonamides is 1. The van der Waals surface area contributed by atoms with Crippen LogP contribution >= 0.6 is 11.3 Å². The number of rotatable bonds is 9. The van der Waals surface area contributed by atoms with Crippen molar-refractivity contribution in [2.75, 3.05) is 43.0 Å². The summed E-state index contributed by atoms with van der Waals surface area (Å²) in [5.74, 6) is 0.568. The first-order valence-electron chi connectivity index (χ1n) is 11.3. The molecule has 13 heteroatoms. The van der Waals surface area contributed by atoms with E-state index in [-0.39, 0.29) is 16.6 Å². The van der Waals surface area contributed by atoms with Crippen molar-refractivity contribution in [3.63, 3.8) is 0 Å². The Morgan fingerprint density at radius 2 is 2.14 bits per heavy atom. The number of hydrogen-bond donors (Lipinski definition) is 2. The van der Waals surface area contributed by atoms with Gasteiger partial charge in [0.15, 0.2) is 0 Å². The lowest BCUT2D eigenvalue weighted by Crippen LogP contribution is -2.36. The number of amides is 1. The molecule has 0 radical (unpaired) electrons. The molecule has 0 unspecified atom stereocenters. The van der Waals surface area contributed by atoms with E-state index in [4.69, 9.17) is 18.3 Å². The van der Waals surface area contributed by atoms with Crippen molar-refractivity contribution in [1.82, 2.24) is 10.3 Å². The Bertz CT molecular complexity index is 1500. The van der Waals surface area contributed by atoms with Gasteiger partial charge in [-0.3, -0.25) is 9.52 Å². The number of anilines is 2. The monoisotopic (exact) mass is 544 g/mol. The summed E-state index contributed by atoms with van der Waals surface area (Å²) in [6.07, 6.45) is 7.36. The average molecular weight is 545 g/mol. The predicted octanol–water partition coefficient (Wildman–Crippen LogP) is 3.46. The molecule has 194 valence electrons. The minimum absolute atomic E-state index is 0.0915. The van der Waals surface area contributed by atoms with Gasteiger partial charge in [-0.2, -0.15) is 8.42 Å². The molecule has 1 amide bonds. The molecular formula is C24H24N4O7S2. The minimum atomic E-state index is -3.99. The van der Waals surface area contributed by atoms with E-state index in [1.165, 1.54) is 31.7 Å². The van der Waals surface area contributed by atoms with Gasteiger partial charge in [0.25, 0.3) is 10.0 Å². The van der Waals surface area contributed by atoms with Crippen molar-refractivity contribution in [1.29, 1.82) is 0 Å². The molecule has 0 spiro atoms. The average Bonchev–Trinajstić information content (AvgIpc) is 3.68. The van der Waals surface area contributed by atoms with E-state index < -0.39 is 15.9 Å². The molecule has 3 aromatic heterocycles. The van der Waals surface area contributed by atoms with Gasteiger partial charge in [0, 0.05) is 42.4 Å². The summed E-state index contributed by atoms with van der Waals surface area (Å²) in [7, 11) is -2.51. The lowest BCUT2D eigenvalue weighted by Gasteiger charge is -2.28. The molecule has 0 atom stereocenters. The first-order valence-corrected chi connectivity index (χ1v) is 13.7. The van der Waals surface area contributed by atoms with Gasteiger partial charge in [0.05, 0.1) is 49.9 Å². The number of aromatic nitrogens is 1. The van der Waals surface area contributed by atoms with Crippen molar-refractivity contribution >= 4 is 55.7 Å². The lowest BCUT2D eigenvalue weighted by atomic mass is 10.1. The number of methoxy groups -OCH3 is 1. The number of nitrogens with one attached hydrogen (secondary N) is 2. The fourth-order valence-electron chi connectivity index (χ4n) is 4.00. The standard InChI is InChI=1S/C24H24N4O7S2/c1-32-23-17(4-5-21(29)26-14-16-3-2-9-34-16)18(27-37(30,31)24-25-6-12-36-24)13-20-22(23)19(15-35-20)28-7-10-33-11-8-28/h2-6,9,12-13,15,27H,7-8,10-11,14H2,1H3,(H,26,29)/b5-4+. The van der Waals surface area contributed by atoms with Gasteiger partial charge in [-0.15, -0.1) is 11.3 Å². The minimum Gasteiger partial charge on any atom is -0.495 e. The summed E-state index contributed by atoms with van der Waals surface area (Å²) in [5.41, 5.74) is 1.76. The Kier molecular flexibility index (Phi) is 7.17. The molecule has 1 aromatic carbocycles. The van der Waals surface area contributed by atoms with Crippen LogP contribution in [0.5, 0.6) is 5.75 Å². The smallest absolute Gasteiger partial charge is 0.289 e. The second kappa shape index (κ2) is 10.7. The highest BCUT2D eigenvalue weighted by Gasteiger charge is 2.26. The van der Waals surface area contributed by atoms with E-state index in [1.807, 2.05) is 0 Å². The first kappa shape index (κ1) is 24.9. The number of nitrogens with zero attached hydrogens (tertiary/aromatic N) is 2. The third kappa shape index (κ3) is 5.33. The fraction of sp³-hybridized carbons (Fsp3) is 0.250. The van der Waals surface area contributed by atoms with Gasteiger partial charge in [-0.25, -0.2) is 4.98 Å². The number of fused-ring (bicyclic) bond motifs is 1. The number of benzene rings is 1. The SMILES string of the molecule is COc1c(/C=C/C(=O)NCc2ccco2)c(NS(=O)(=O)c2nccs2)cc2occ(N3CCOCC3)c12. The van der Waals surface area contributed by atoms with Crippen LogP contribution in [0.3, 0.4) is 0 Å². The number of furan rings is 2. The number of hydrogen-bond acceptors (Lipinski definition) is 10. The Morgan fingerprint density at radius 1 is 1.30 bits per heavy atom. The maximum absolute atomic E-state index is 13.0. The Morgan fingerprint density at radius 3 is 2.84 bits per heavy atom. The zero-order chi connectivity index (χ0) is 25.8. The fourth-order valence-corrected chi connectivity index (χ4v) is 5.90. The van der Waals surface area contributed by atoms with Crippen LogP contribution in [-0.2, 0) is 26.1 Å². The topological polar surface area (TPSA) is 136 Å². The highest BCUT2D eigenvalue weighted by Crippen LogP contribution is 2.43. The van der Waals surface area contributed by atoms with E-state index in [9.17, 15) is 13.2 Å². The summed E-state index contributed by atoms with van der Waals surface area (Å²) in [4.78, 5) is 18.6. The zero-order valence-corrected chi connectivity index (χ0v) is 21.4. The molecule has 4 heterocycles. The molecule has 1 saturated heterocycles. The van der Waals surface area contributed by atoms with Gasteiger partial charge in [0.2, 0.25) is 10.2 Å². The molecule has 4 aromatic rings. The molecule has 37 heavy (non-hydrogen) atoms. The van der Waals surface area contributed by atoms with E-state index in [0.29, 0.717) is 54.3 Å². The Labute approximate surface area is 216 Å². The number of thiazole rings is 1. The summed E-state index contributed by atoms with van der Waals surface area (Å²) in [5, 5.41) is 4.97. The molecule has 2 N–H and O–H groups in total. The van der Waals surface area contributed by atoms with Crippen molar-refractivity contribution in [2.45, 2.75) is 10.9 Å². The molecule has 0 saturated carbocycles. The molecule has 11 nitrogen and oxygen atoms in total. The molecular weight excluding hydrogens is 520 g/mol. The van der Waals surface area contributed by atoms with Crippen LogP contribution in [0.1, 0.15) is 11.3 Å². The van der Waals surface area contributed by atoms with Crippen LogP contribution in [0.15, 0.2) is 61.6 Å². The van der Waals surface area contributed by atoms with Crippen molar-refractivity contribution < 1.29 is 31.5 Å². The third-order valence-corrected chi connectivity index (χ3v) is 8.26. The number of ether oxygens (including phenoxy) is 2. The zero-order valence-electron chi connectivity index (χ0n) is 19.8. The largest absolute Gasteiger partial charge is 0.495 e. The van der Waals surface area contributed by atoms with E-state index in [1.54, 1.807) is 29.8 Å². The summed E-state index contributed by atoms with van der Waals surface area (Å²) in [6.45, 7) is 2.68. The van der Waals surface area contributed by atoms with Gasteiger partial charge in [-0.1, -0.05) is 0 Å². The maximum atomic E-state index is 13.0. The molecule has 5 rings (SSSR count). The maximum Gasteiger partial charge on any atom is 0.289 e. The summed E-state index contributed by atoms with van der Waals surface area (Å²) in [6, 6.07) is 5.06. The number of morpholine rings is 1. The molecule has 0 bridgehead atoms. The number of carbonyl (C=O) groups excluding carboxylic acids is 1. The van der Waals surface area contributed by atoms with E-state index >= 15 is 0 Å².